The van der Waals surface area contributed by atoms with Crippen molar-refractivity contribution in [2.75, 3.05) is 14.2 Å². The van der Waals surface area contributed by atoms with Crippen LogP contribution in [0.4, 0.5) is 0 Å². The van der Waals surface area contributed by atoms with Gasteiger partial charge in [0, 0.05) is 17.0 Å². The Kier molecular flexibility index (Phi) is 5.07. The molecule has 0 saturated carbocycles. The Morgan fingerprint density at radius 3 is 2.58 bits per heavy atom. The van der Waals surface area contributed by atoms with Crippen molar-refractivity contribution in [1.29, 1.82) is 0 Å². The van der Waals surface area contributed by atoms with Gasteiger partial charge in [-0.25, -0.2) is 0 Å². The summed E-state index contributed by atoms with van der Waals surface area (Å²) in [6.45, 7) is 3.77. The normalized spacial score (nSPS) is 11.8. The number of rotatable bonds is 5. The Bertz CT molecular complexity index is 953. The fraction of sp³-hybridized carbons (Fsp3) is 0.238. The largest absolute Gasteiger partial charge is 0.497 e. The number of hydrogen-bond acceptors (Lipinski definition) is 4. The van der Waals surface area contributed by atoms with Crippen LogP contribution in [-0.2, 0) is 0 Å². The van der Waals surface area contributed by atoms with Crippen LogP contribution in [0.5, 0.6) is 11.5 Å². The van der Waals surface area contributed by atoms with Gasteiger partial charge in [0.15, 0.2) is 0 Å². The van der Waals surface area contributed by atoms with Crippen molar-refractivity contribution in [3.63, 3.8) is 0 Å². The Labute approximate surface area is 153 Å². The Hall–Kier alpha value is -3.08. The number of methoxy groups -OCH3 is 2. The van der Waals surface area contributed by atoms with E-state index in [1.54, 1.807) is 14.2 Å². The lowest BCUT2D eigenvalue weighted by Crippen LogP contribution is -2.27. The lowest BCUT2D eigenvalue weighted by Gasteiger charge is -2.18. The lowest BCUT2D eigenvalue weighted by atomic mass is 10.1. The summed E-state index contributed by atoms with van der Waals surface area (Å²) in [5, 5.41) is 3.93. The highest BCUT2D eigenvalue weighted by Crippen LogP contribution is 2.26. The van der Waals surface area contributed by atoms with Gasteiger partial charge in [0.1, 0.15) is 11.5 Å². The van der Waals surface area contributed by atoms with Crippen LogP contribution in [0.1, 0.15) is 34.6 Å². The molecule has 1 N–H and O–H groups in total. The summed E-state index contributed by atoms with van der Waals surface area (Å²) in [5.74, 6) is 1.33. The first-order valence-electron chi connectivity index (χ1n) is 8.42. The Balaban J connectivity index is 1.88. The molecule has 1 amide bonds. The zero-order valence-electron chi connectivity index (χ0n) is 15.4. The topological polar surface area (TPSA) is 60.5 Å². The van der Waals surface area contributed by atoms with Crippen molar-refractivity contribution in [1.82, 2.24) is 10.3 Å². The van der Waals surface area contributed by atoms with Crippen molar-refractivity contribution in [3.05, 3.63) is 65.4 Å². The second-order valence-electron chi connectivity index (χ2n) is 6.12. The van der Waals surface area contributed by atoms with Gasteiger partial charge < -0.3 is 14.8 Å². The van der Waals surface area contributed by atoms with E-state index in [1.807, 2.05) is 62.4 Å². The number of carbonyl (C=O) groups is 1. The van der Waals surface area contributed by atoms with Gasteiger partial charge in [-0.3, -0.25) is 9.78 Å². The third kappa shape index (κ3) is 3.47. The van der Waals surface area contributed by atoms with Crippen LogP contribution in [0, 0.1) is 6.92 Å². The fourth-order valence-corrected chi connectivity index (χ4v) is 2.98. The van der Waals surface area contributed by atoms with Crippen LogP contribution < -0.4 is 14.8 Å². The number of aromatic nitrogens is 1. The molecule has 134 valence electrons. The summed E-state index contributed by atoms with van der Waals surface area (Å²) in [6, 6.07) is 15.0. The van der Waals surface area contributed by atoms with E-state index in [-0.39, 0.29) is 11.9 Å². The van der Waals surface area contributed by atoms with Crippen LogP contribution in [0.15, 0.2) is 48.5 Å². The summed E-state index contributed by atoms with van der Waals surface area (Å²) in [7, 11) is 3.24. The van der Waals surface area contributed by atoms with Gasteiger partial charge >= 0.3 is 0 Å². The summed E-state index contributed by atoms with van der Waals surface area (Å²) >= 11 is 0. The summed E-state index contributed by atoms with van der Waals surface area (Å²) in [6.07, 6.45) is 0. The molecule has 0 aliphatic rings. The molecule has 26 heavy (non-hydrogen) atoms. The molecule has 1 atom stereocenters. The summed E-state index contributed by atoms with van der Waals surface area (Å²) in [5.41, 5.74) is 2.97. The van der Waals surface area contributed by atoms with Crippen LogP contribution in [0.25, 0.3) is 10.9 Å². The number of ether oxygens (including phenoxy) is 2. The molecule has 0 spiro atoms. The van der Waals surface area contributed by atoms with Gasteiger partial charge in [-0.05, 0) is 38.1 Å². The molecule has 0 aliphatic carbocycles. The quantitative estimate of drug-likeness (QED) is 0.754. The molecule has 0 bridgehead atoms. The number of pyridine rings is 1. The molecule has 3 aromatic rings. The van der Waals surface area contributed by atoms with Crippen LogP contribution in [-0.4, -0.2) is 25.1 Å². The molecule has 0 aliphatic heterocycles. The minimum absolute atomic E-state index is 0.161. The SMILES string of the molecule is COc1ccc2cc(C(=O)NC(C)c3ccccc3OC)c(C)nc2c1. The molecule has 1 heterocycles. The summed E-state index contributed by atoms with van der Waals surface area (Å²) < 4.78 is 10.6. The number of para-hydroxylation sites is 1. The number of benzene rings is 2. The highest BCUT2D eigenvalue weighted by atomic mass is 16.5. The predicted molar refractivity (Wildman–Crippen MR) is 102 cm³/mol. The smallest absolute Gasteiger partial charge is 0.253 e. The number of fused-ring (bicyclic) bond motifs is 1. The third-order valence-corrected chi connectivity index (χ3v) is 4.41. The average molecular weight is 350 g/mol. The van der Waals surface area contributed by atoms with Gasteiger partial charge in [0.05, 0.1) is 37.0 Å². The van der Waals surface area contributed by atoms with Crippen molar-refractivity contribution in [2.24, 2.45) is 0 Å². The maximum absolute atomic E-state index is 12.8. The van der Waals surface area contributed by atoms with E-state index in [1.165, 1.54) is 0 Å². The van der Waals surface area contributed by atoms with Gasteiger partial charge in [0.2, 0.25) is 0 Å². The van der Waals surface area contributed by atoms with E-state index >= 15 is 0 Å². The molecule has 2 aromatic carbocycles. The van der Waals surface area contributed by atoms with Gasteiger partial charge in [0.25, 0.3) is 5.91 Å². The number of nitrogens with one attached hydrogen (secondary N) is 1. The Morgan fingerprint density at radius 1 is 1.08 bits per heavy atom. The van der Waals surface area contributed by atoms with Gasteiger partial charge in [-0.1, -0.05) is 18.2 Å². The first-order chi connectivity index (χ1) is 12.5. The Morgan fingerprint density at radius 2 is 1.85 bits per heavy atom. The minimum Gasteiger partial charge on any atom is -0.497 e. The monoisotopic (exact) mass is 350 g/mol. The standard InChI is InChI=1S/C21H22N2O3/c1-13(17-7-5-6-8-20(17)26-4)23-21(24)18-11-15-9-10-16(25-3)12-19(15)22-14(18)2/h5-13H,1-4H3,(H,23,24). The number of nitrogens with zero attached hydrogens (tertiary/aromatic N) is 1. The summed E-state index contributed by atoms with van der Waals surface area (Å²) in [4.78, 5) is 17.4. The maximum atomic E-state index is 12.8. The highest BCUT2D eigenvalue weighted by molar-refractivity contribution is 5.99. The second kappa shape index (κ2) is 7.44. The van der Waals surface area contributed by atoms with E-state index in [9.17, 15) is 4.79 Å². The molecule has 0 saturated heterocycles. The molecule has 0 radical (unpaired) electrons. The number of aryl methyl sites for hydroxylation is 1. The van der Waals surface area contributed by atoms with E-state index in [0.29, 0.717) is 11.3 Å². The minimum atomic E-state index is -0.190. The zero-order chi connectivity index (χ0) is 18.7. The molecule has 0 fully saturated rings. The van der Waals surface area contributed by atoms with Crippen LogP contribution >= 0.6 is 0 Å². The molecule has 3 rings (SSSR count). The predicted octanol–water partition coefficient (Wildman–Crippen LogP) is 4.05. The molecule has 5 nitrogen and oxygen atoms in total. The number of carbonyl (C=O) groups excluding carboxylic acids is 1. The number of hydrogen-bond donors (Lipinski definition) is 1. The van der Waals surface area contributed by atoms with E-state index in [0.717, 1.165) is 28.0 Å². The average Bonchev–Trinajstić information content (AvgIpc) is 2.66. The van der Waals surface area contributed by atoms with Crippen molar-refractivity contribution >= 4 is 16.8 Å². The zero-order valence-corrected chi connectivity index (χ0v) is 15.4. The van der Waals surface area contributed by atoms with E-state index in [2.05, 4.69) is 10.3 Å². The highest BCUT2D eigenvalue weighted by Gasteiger charge is 2.17. The first kappa shape index (κ1) is 17.7. The van der Waals surface area contributed by atoms with E-state index in [4.69, 9.17) is 9.47 Å². The number of amides is 1. The molecule has 1 aromatic heterocycles. The van der Waals surface area contributed by atoms with Gasteiger partial charge in [-0.15, -0.1) is 0 Å². The molecule has 5 heteroatoms. The van der Waals surface area contributed by atoms with Crippen LogP contribution in [0.2, 0.25) is 0 Å². The van der Waals surface area contributed by atoms with Crippen molar-refractivity contribution in [3.8, 4) is 11.5 Å². The second-order valence-corrected chi connectivity index (χ2v) is 6.12. The molecule has 1 unspecified atom stereocenters. The molecular formula is C21H22N2O3. The first-order valence-corrected chi connectivity index (χ1v) is 8.42. The van der Waals surface area contributed by atoms with Crippen LogP contribution in [0.3, 0.4) is 0 Å². The molecular weight excluding hydrogens is 328 g/mol. The maximum Gasteiger partial charge on any atom is 0.253 e. The fourth-order valence-electron chi connectivity index (χ4n) is 2.98. The lowest BCUT2D eigenvalue weighted by molar-refractivity contribution is 0.0938. The third-order valence-electron chi connectivity index (χ3n) is 4.41. The van der Waals surface area contributed by atoms with Crippen molar-refractivity contribution < 1.29 is 14.3 Å². The van der Waals surface area contributed by atoms with E-state index < -0.39 is 0 Å². The van der Waals surface area contributed by atoms with Crippen molar-refractivity contribution in [2.45, 2.75) is 19.9 Å². The van der Waals surface area contributed by atoms with Gasteiger partial charge in [-0.2, -0.15) is 0 Å².